The molecule has 3 heterocycles. The van der Waals surface area contributed by atoms with Crippen LogP contribution in [-0.4, -0.2) is 44.9 Å². The molecule has 190 valence electrons. The highest BCUT2D eigenvalue weighted by molar-refractivity contribution is 5.89. The summed E-state index contributed by atoms with van der Waals surface area (Å²) in [5.74, 6) is -1.69. The van der Waals surface area contributed by atoms with Gasteiger partial charge in [-0.1, -0.05) is 0 Å². The molecule has 0 radical (unpaired) electrons. The van der Waals surface area contributed by atoms with Crippen molar-refractivity contribution in [2.24, 2.45) is 0 Å². The van der Waals surface area contributed by atoms with Crippen LogP contribution in [0.5, 0.6) is 0 Å². The minimum absolute atomic E-state index is 0.0168. The number of amides is 1. The lowest BCUT2D eigenvalue weighted by Gasteiger charge is -2.23. The Kier molecular flexibility index (Phi) is 6.76. The summed E-state index contributed by atoms with van der Waals surface area (Å²) in [7, 11) is 0. The number of carbonyl (C=O) groups excluding carboxylic acids is 1. The Labute approximate surface area is 201 Å². The quantitative estimate of drug-likeness (QED) is 0.464. The number of alkyl halides is 3. The number of nitrogens with zero attached hydrogens (tertiary/aromatic N) is 4. The summed E-state index contributed by atoms with van der Waals surface area (Å²) >= 11 is 0. The largest absolute Gasteiger partial charge is 0.447 e. The molecule has 2 aromatic heterocycles. The number of anilines is 2. The summed E-state index contributed by atoms with van der Waals surface area (Å²) in [5, 5.41) is 12.7. The van der Waals surface area contributed by atoms with Gasteiger partial charge in [0.2, 0.25) is 5.95 Å². The molecule has 13 heteroatoms. The second-order valence-corrected chi connectivity index (χ2v) is 8.14. The molecule has 1 amide bonds. The van der Waals surface area contributed by atoms with Gasteiger partial charge in [-0.25, -0.2) is 18.6 Å². The molecule has 1 aliphatic rings. The number of carbonyl (C=O) groups is 1. The number of ether oxygens (including phenoxy) is 1. The Hall–Kier alpha value is -3.87. The Morgan fingerprint density at radius 1 is 1.11 bits per heavy atom. The predicted octanol–water partition coefficient (Wildman–Crippen LogP) is 4.71. The third-order valence-corrected chi connectivity index (χ3v) is 5.61. The smallest absolute Gasteiger partial charge is 0.433 e. The van der Waals surface area contributed by atoms with Crippen molar-refractivity contribution in [3.63, 3.8) is 0 Å². The van der Waals surface area contributed by atoms with E-state index in [2.05, 4.69) is 20.3 Å². The molecule has 0 bridgehead atoms. The van der Waals surface area contributed by atoms with E-state index < -0.39 is 47.8 Å². The minimum Gasteiger partial charge on any atom is -0.447 e. The van der Waals surface area contributed by atoms with E-state index in [1.54, 1.807) is 0 Å². The van der Waals surface area contributed by atoms with Crippen LogP contribution >= 0.6 is 0 Å². The van der Waals surface area contributed by atoms with Gasteiger partial charge < -0.3 is 15.2 Å². The number of cyclic esters (lactones) is 1. The molecule has 0 saturated carbocycles. The van der Waals surface area contributed by atoms with E-state index in [1.807, 2.05) is 0 Å². The third kappa shape index (κ3) is 5.05. The zero-order valence-corrected chi connectivity index (χ0v) is 18.9. The van der Waals surface area contributed by atoms with Gasteiger partial charge in [0, 0.05) is 23.5 Å². The van der Waals surface area contributed by atoms with Crippen LogP contribution in [0.3, 0.4) is 0 Å². The highest BCUT2D eigenvalue weighted by atomic mass is 19.4. The highest BCUT2D eigenvalue weighted by Gasteiger charge is 2.38. The fourth-order valence-corrected chi connectivity index (χ4v) is 3.75. The number of benzene rings is 1. The Bertz CT molecular complexity index is 1290. The monoisotopic (exact) mass is 509 g/mol. The molecule has 0 spiro atoms. The first-order chi connectivity index (χ1) is 17.0. The number of rotatable bonds is 6. The molecule has 3 atom stereocenters. The van der Waals surface area contributed by atoms with Gasteiger partial charge in [-0.3, -0.25) is 9.88 Å². The zero-order valence-electron chi connectivity index (χ0n) is 18.9. The summed E-state index contributed by atoms with van der Waals surface area (Å²) in [4.78, 5) is 24.7. The molecule has 3 aromatic rings. The molecule has 8 nitrogen and oxygen atoms in total. The molecular formula is C23H20F5N5O3. The van der Waals surface area contributed by atoms with Crippen molar-refractivity contribution >= 4 is 17.9 Å². The number of pyridine rings is 1. The van der Waals surface area contributed by atoms with Crippen LogP contribution in [0.15, 0.2) is 42.7 Å². The normalized spacial score (nSPS) is 17.6. The van der Waals surface area contributed by atoms with Crippen LogP contribution in [0.4, 0.5) is 38.5 Å². The number of hydrogen-bond donors (Lipinski definition) is 2. The maximum Gasteiger partial charge on any atom is 0.433 e. The van der Waals surface area contributed by atoms with E-state index in [0.717, 1.165) is 24.4 Å². The second-order valence-electron chi connectivity index (χ2n) is 8.14. The standard InChI is InChI=1S/C23H20F5N5O3/c1-11(31-21-30-6-4-20(32-21)33-18(12(2)34)10-36-22(33)35)14-8-17(25)15(9-16(14)24)13-3-5-29-19(7-13)23(26,27)28/h3-9,11-12,18,34H,10H2,1-2H3,(H,30,31,32)/t11-,12+,18+/m0/s1. The lowest BCUT2D eigenvalue weighted by atomic mass is 10.00. The van der Waals surface area contributed by atoms with Crippen LogP contribution in [0.2, 0.25) is 0 Å². The van der Waals surface area contributed by atoms with Gasteiger partial charge in [0.05, 0.1) is 12.1 Å². The molecule has 1 aliphatic heterocycles. The van der Waals surface area contributed by atoms with Crippen molar-refractivity contribution in [1.29, 1.82) is 0 Å². The maximum atomic E-state index is 14.9. The fraction of sp³-hybridized carbons (Fsp3) is 0.304. The molecule has 0 unspecified atom stereocenters. The third-order valence-electron chi connectivity index (χ3n) is 5.61. The summed E-state index contributed by atoms with van der Waals surface area (Å²) in [5.41, 5.74) is -1.89. The molecule has 0 aliphatic carbocycles. The average Bonchev–Trinajstić information content (AvgIpc) is 3.21. The molecular weight excluding hydrogens is 489 g/mol. The van der Waals surface area contributed by atoms with E-state index in [0.29, 0.717) is 6.07 Å². The van der Waals surface area contributed by atoms with E-state index in [1.165, 1.54) is 31.0 Å². The van der Waals surface area contributed by atoms with Gasteiger partial charge in [0.15, 0.2) is 0 Å². The Morgan fingerprint density at radius 2 is 1.83 bits per heavy atom. The van der Waals surface area contributed by atoms with Crippen molar-refractivity contribution < 1.29 is 36.6 Å². The van der Waals surface area contributed by atoms with E-state index in [-0.39, 0.29) is 35.1 Å². The first kappa shape index (κ1) is 25.2. The topological polar surface area (TPSA) is 100 Å². The number of aliphatic hydroxyl groups excluding tert-OH is 1. The molecule has 1 aromatic carbocycles. The van der Waals surface area contributed by atoms with Crippen molar-refractivity contribution in [1.82, 2.24) is 15.0 Å². The lowest BCUT2D eigenvalue weighted by molar-refractivity contribution is -0.141. The van der Waals surface area contributed by atoms with E-state index in [9.17, 15) is 31.9 Å². The number of nitrogens with one attached hydrogen (secondary N) is 1. The second kappa shape index (κ2) is 9.64. The summed E-state index contributed by atoms with van der Waals surface area (Å²) in [6.07, 6.45) is -4.13. The lowest BCUT2D eigenvalue weighted by Crippen LogP contribution is -2.41. The summed E-state index contributed by atoms with van der Waals surface area (Å²) < 4.78 is 73.7. The van der Waals surface area contributed by atoms with Crippen molar-refractivity contribution in [2.45, 2.75) is 38.2 Å². The molecule has 1 saturated heterocycles. The van der Waals surface area contributed by atoms with Crippen molar-refractivity contribution in [3.8, 4) is 11.1 Å². The average molecular weight is 509 g/mol. The van der Waals surface area contributed by atoms with Crippen molar-refractivity contribution in [2.75, 3.05) is 16.8 Å². The number of aliphatic hydroxyl groups is 1. The van der Waals surface area contributed by atoms with E-state index >= 15 is 0 Å². The fourth-order valence-electron chi connectivity index (χ4n) is 3.75. The molecule has 1 fully saturated rings. The van der Waals surface area contributed by atoms with Crippen LogP contribution in [0, 0.1) is 11.6 Å². The predicted molar refractivity (Wildman–Crippen MR) is 118 cm³/mol. The van der Waals surface area contributed by atoms with Gasteiger partial charge in [-0.2, -0.15) is 18.2 Å². The SMILES string of the molecule is C[C@H](Nc1nccc(N2C(=O)OC[C@@H]2[C@@H](C)O)n1)c1cc(F)c(-c2ccnc(C(F)(F)F)c2)cc1F. The number of hydrogen-bond acceptors (Lipinski definition) is 7. The van der Waals surface area contributed by atoms with Gasteiger partial charge in [-0.05, 0) is 49.7 Å². The van der Waals surface area contributed by atoms with Crippen LogP contribution in [-0.2, 0) is 10.9 Å². The summed E-state index contributed by atoms with van der Waals surface area (Å²) in [6, 6.07) is 3.37. The Morgan fingerprint density at radius 3 is 2.53 bits per heavy atom. The van der Waals surface area contributed by atoms with Gasteiger partial charge in [0.25, 0.3) is 0 Å². The van der Waals surface area contributed by atoms with Crippen LogP contribution in [0.25, 0.3) is 11.1 Å². The van der Waals surface area contributed by atoms with Crippen molar-refractivity contribution in [3.05, 3.63) is 65.6 Å². The van der Waals surface area contributed by atoms with Gasteiger partial charge >= 0.3 is 12.3 Å². The zero-order chi connectivity index (χ0) is 26.2. The minimum atomic E-state index is -4.74. The van der Waals surface area contributed by atoms with Crippen LogP contribution < -0.4 is 10.2 Å². The first-order valence-corrected chi connectivity index (χ1v) is 10.7. The Balaban J connectivity index is 1.58. The van der Waals surface area contributed by atoms with Gasteiger partial charge in [0.1, 0.15) is 35.8 Å². The van der Waals surface area contributed by atoms with Gasteiger partial charge in [-0.15, -0.1) is 0 Å². The summed E-state index contributed by atoms with van der Waals surface area (Å²) in [6.45, 7) is 2.97. The number of aromatic nitrogens is 3. The number of halogens is 5. The maximum absolute atomic E-state index is 14.9. The first-order valence-electron chi connectivity index (χ1n) is 10.7. The molecule has 2 N–H and O–H groups in total. The van der Waals surface area contributed by atoms with E-state index in [4.69, 9.17) is 4.74 Å². The molecule has 36 heavy (non-hydrogen) atoms. The van der Waals surface area contributed by atoms with Crippen LogP contribution in [0.1, 0.15) is 31.1 Å². The molecule has 4 rings (SSSR count). The highest BCUT2D eigenvalue weighted by Crippen LogP contribution is 2.33.